The number of aryl methyl sites for hydroxylation is 1. The van der Waals surface area contributed by atoms with Gasteiger partial charge >= 0.3 is 0 Å². The van der Waals surface area contributed by atoms with E-state index in [2.05, 4.69) is 10.3 Å². The smallest absolute Gasteiger partial charge is 0.226 e. The summed E-state index contributed by atoms with van der Waals surface area (Å²) < 4.78 is 25.4. The lowest BCUT2D eigenvalue weighted by atomic mass is 10.2. The Morgan fingerprint density at radius 3 is 2.52 bits per heavy atom. The Morgan fingerprint density at radius 2 is 1.85 bits per heavy atom. The summed E-state index contributed by atoms with van der Waals surface area (Å²) in [5.41, 5.74) is 1.73. The number of thiazole rings is 1. The minimum absolute atomic E-state index is 0.0788. The van der Waals surface area contributed by atoms with Crippen molar-refractivity contribution in [3.05, 3.63) is 52.0 Å². The normalized spacial score (nSPS) is 11.7. The molecule has 0 aliphatic rings. The van der Waals surface area contributed by atoms with E-state index >= 15 is 0 Å². The third-order valence-corrected chi connectivity index (χ3v) is 7.43. The van der Waals surface area contributed by atoms with Crippen LogP contribution in [-0.2, 0) is 14.6 Å². The predicted molar refractivity (Wildman–Crippen MR) is 111 cm³/mol. The number of benzene rings is 2. The van der Waals surface area contributed by atoms with Crippen LogP contribution in [0.15, 0.2) is 41.3 Å². The van der Waals surface area contributed by atoms with Gasteiger partial charge in [-0.05, 0) is 49.2 Å². The zero-order valence-corrected chi connectivity index (χ0v) is 17.5. The largest absolute Gasteiger partial charge is 0.302 e. The zero-order valence-electron chi connectivity index (χ0n) is 14.3. The van der Waals surface area contributed by atoms with Crippen LogP contribution >= 0.6 is 34.5 Å². The second-order valence-electron chi connectivity index (χ2n) is 5.99. The van der Waals surface area contributed by atoms with E-state index in [1.165, 1.54) is 35.6 Å². The standard InChI is InChI=1S/C18H16Cl2N2O3S2/c1-11-4-9-14(20)17-16(11)22-18(26-17)21-15(23)3-2-10-27(24,25)13-7-5-12(19)6-8-13/h4-9H,2-3,10H2,1H3,(H,21,22,23). The number of hydrogen-bond acceptors (Lipinski definition) is 5. The lowest BCUT2D eigenvalue weighted by Crippen LogP contribution is -2.14. The Balaban J connectivity index is 1.59. The van der Waals surface area contributed by atoms with Crippen LogP contribution in [0.1, 0.15) is 18.4 Å². The van der Waals surface area contributed by atoms with Crippen molar-refractivity contribution in [2.45, 2.75) is 24.7 Å². The Labute approximate surface area is 171 Å². The van der Waals surface area contributed by atoms with Gasteiger partial charge < -0.3 is 5.32 Å². The second-order valence-corrected chi connectivity index (χ2v) is 9.94. The highest BCUT2D eigenvalue weighted by Crippen LogP contribution is 2.33. The van der Waals surface area contributed by atoms with E-state index in [4.69, 9.17) is 23.2 Å². The summed E-state index contributed by atoms with van der Waals surface area (Å²) in [6.45, 7) is 1.92. The van der Waals surface area contributed by atoms with Crippen LogP contribution in [-0.4, -0.2) is 25.1 Å². The van der Waals surface area contributed by atoms with Crippen LogP contribution < -0.4 is 5.32 Å². The summed E-state index contributed by atoms with van der Waals surface area (Å²) in [7, 11) is -3.45. The molecule has 27 heavy (non-hydrogen) atoms. The van der Waals surface area contributed by atoms with Gasteiger partial charge in [0.25, 0.3) is 0 Å². The van der Waals surface area contributed by atoms with Crippen LogP contribution in [0.2, 0.25) is 10.0 Å². The molecule has 1 heterocycles. The molecule has 0 saturated carbocycles. The molecule has 1 N–H and O–H groups in total. The summed E-state index contributed by atoms with van der Waals surface area (Å²) >= 11 is 13.2. The third kappa shape index (κ3) is 4.79. The van der Waals surface area contributed by atoms with Crippen LogP contribution in [0.3, 0.4) is 0 Å². The monoisotopic (exact) mass is 442 g/mol. The van der Waals surface area contributed by atoms with Gasteiger partial charge in [-0.15, -0.1) is 0 Å². The molecular weight excluding hydrogens is 427 g/mol. The van der Waals surface area contributed by atoms with Gasteiger partial charge in [-0.2, -0.15) is 0 Å². The van der Waals surface area contributed by atoms with Gasteiger partial charge in [-0.3, -0.25) is 4.79 Å². The molecule has 0 unspecified atom stereocenters. The van der Waals surface area contributed by atoms with Crippen molar-refractivity contribution in [1.29, 1.82) is 0 Å². The molecular formula is C18H16Cl2N2O3S2. The predicted octanol–water partition coefficient (Wildman–Crippen LogP) is 5.10. The van der Waals surface area contributed by atoms with Crippen molar-refractivity contribution >= 4 is 65.6 Å². The molecule has 3 aromatic rings. The number of nitrogens with one attached hydrogen (secondary N) is 1. The SMILES string of the molecule is Cc1ccc(Cl)c2sc(NC(=O)CCCS(=O)(=O)c3ccc(Cl)cc3)nc12. The summed E-state index contributed by atoms with van der Waals surface area (Å²) in [4.78, 5) is 16.7. The number of rotatable bonds is 6. The number of fused-ring (bicyclic) bond motifs is 1. The maximum Gasteiger partial charge on any atom is 0.226 e. The van der Waals surface area contributed by atoms with E-state index in [0.717, 1.165) is 15.8 Å². The fraction of sp³-hybridized carbons (Fsp3) is 0.222. The average molecular weight is 443 g/mol. The Bertz CT molecular complexity index is 1050. The van der Waals surface area contributed by atoms with Gasteiger partial charge in [-0.25, -0.2) is 13.4 Å². The van der Waals surface area contributed by atoms with Crippen LogP contribution in [0.25, 0.3) is 10.2 Å². The minimum atomic E-state index is -3.45. The summed E-state index contributed by atoms with van der Waals surface area (Å²) in [6.07, 6.45) is 0.289. The molecule has 1 aromatic heterocycles. The Kier molecular flexibility index (Phi) is 6.05. The number of nitrogens with zero attached hydrogens (tertiary/aromatic N) is 1. The van der Waals surface area contributed by atoms with Crippen LogP contribution in [0, 0.1) is 6.92 Å². The molecule has 0 aliphatic heterocycles. The Morgan fingerprint density at radius 1 is 1.15 bits per heavy atom. The molecule has 5 nitrogen and oxygen atoms in total. The first-order valence-electron chi connectivity index (χ1n) is 8.10. The highest BCUT2D eigenvalue weighted by atomic mass is 35.5. The number of carbonyl (C=O) groups excluding carboxylic acids is 1. The lowest BCUT2D eigenvalue weighted by molar-refractivity contribution is -0.116. The topological polar surface area (TPSA) is 76.1 Å². The molecule has 0 fully saturated rings. The quantitative estimate of drug-likeness (QED) is 0.575. The molecule has 1 amide bonds. The zero-order chi connectivity index (χ0) is 19.6. The molecule has 9 heteroatoms. The van der Waals surface area contributed by atoms with E-state index in [-0.39, 0.29) is 29.4 Å². The number of amides is 1. The summed E-state index contributed by atoms with van der Waals surface area (Å²) in [6, 6.07) is 9.65. The number of hydrogen-bond donors (Lipinski definition) is 1. The van der Waals surface area contributed by atoms with Crippen LogP contribution in [0.4, 0.5) is 5.13 Å². The number of carbonyl (C=O) groups is 1. The van der Waals surface area contributed by atoms with Crippen molar-refractivity contribution < 1.29 is 13.2 Å². The molecule has 3 rings (SSSR count). The van der Waals surface area contributed by atoms with Gasteiger partial charge in [0.2, 0.25) is 5.91 Å². The van der Waals surface area contributed by atoms with Gasteiger partial charge in [-0.1, -0.05) is 40.6 Å². The van der Waals surface area contributed by atoms with E-state index in [9.17, 15) is 13.2 Å². The van der Waals surface area contributed by atoms with Gasteiger partial charge in [0, 0.05) is 11.4 Å². The molecule has 0 radical (unpaired) electrons. The molecule has 2 aromatic carbocycles. The highest BCUT2D eigenvalue weighted by Gasteiger charge is 2.16. The van der Waals surface area contributed by atoms with Crippen molar-refractivity contribution in [2.24, 2.45) is 0 Å². The molecule has 142 valence electrons. The number of aromatic nitrogens is 1. The average Bonchev–Trinajstić information content (AvgIpc) is 3.03. The van der Waals surface area contributed by atoms with E-state index in [1.807, 2.05) is 13.0 Å². The van der Waals surface area contributed by atoms with Gasteiger partial charge in [0.15, 0.2) is 15.0 Å². The van der Waals surface area contributed by atoms with E-state index < -0.39 is 9.84 Å². The molecule has 0 aliphatic carbocycles. The maximum absolute atomic E-state index is 12.3. The number of halogens is 2. The first kappa shape index (κ1) is 20.1. The molecule has 0 spiro atoms. The van der Waals surface area contributed by atoms with E-state index in [0.29, 0.717) is 15.2 Å². The second kappa shape index (κ2) is 8.14. The molecule has 0 atom stereocenters. The van der Waals surface area contributed by atoms with Crippen molar-refractivity contribution in [2.75, 3.05) is 11.1 Å². The summed E-state index contributed by atoms with van der Waals surface area (Å²) in [5, 5.41) is 4.23. The minimum Gasteiger partial charge on any atom is -0.302 e. The highest BCUT2D eigenvalue weighted by molar-refractivity contribution is 7.91. The first-order valence-corrected chi connectivity index (χ1v) is 11.3. The maximum atomic E-state index is 12.3. The first-order chi connectivity index (χ1) is 12.8. The fourth-order valence-electron chi connectivity index (χ4n) is 2.52. The van der Waals surface area contributed by atoms with Gasteiger partial charge in [0.05, 0.1) is 25.9 Å². The van der Waals surface area contributed by atoms with Gasteiger partial charge in [0.1, 0.15) is 0 Å². The van der Waals surface area contributed by atoms with Crippen molar-refractivity contribution in [3.8, 4) is 0 Å². The van der Waals surface area contributed by atoms with Crippen molar-refractivity contribution in [3.63, 3.8) is 0 Å². The number of anilines is 1. The van der Waals surface area contributed by atoms with E-state index in [1.54, 1.807) is 6.07 Å². The van der Waals surface area contributed by atoms with Crippen molar-refractivity contribution in [1.82, 2.24) is 4.98 Å². The number of sulfone groups is 1. The fourth-order valence-corrected chi connectivity index (χ4v) is 5.19. The third-order valence-electron chi connectivity index (χ3n) is 3.93. The summed E-state index contributed by atoms with van der Waals surface area (Å²) in [5.74, 6) is -0.401. The molecule has 0 saturated heterocycles. The molecule has 0 bridgehead atoms. The van der Waals surface area contributed by atoms with Crippen LogP contribution in [0.5, 0.6) is 0 Å². The lowest BCUT2D eigenvalue weighted by Gasteiger charge is -2.05. The Hall–Kier alpha value is -1.67.